The minimum atomic E-state index is -1.11. The van der Waals surface area contributed by atoms with E-state index in [4.69, 9.17) is 13.9 Å². The highest BCUT2D eigenvalue weighted by Gasteiger charge is 2.23. The van der Waals surface area contributed by atoms with Gasteiger partial charge in [0.25, 0.3) is 0 Å². The topological polar surface area (TPSA) is 76.5 Å². The Morgan fingerprint density at radius 3 is 2.50 bits per heavy atom. The van der Waals surface area contributed by atoms with E-state index < -0.39 is 5.97 Å². The Kier molecular flexibility index (Phi) is 2.30. The highest BCUT2D eigenvalue weighted by atomic mass is 16.4. The molecule has 0 aliphatic rings. The standard InChI is InChI=1S/C11H11NO4/c1-5-6(2)16-7(3)8(5)10-9(11(13)14)12-4-15-10/h4H,1-3H3,(H,13,14). The molecule has 1 N–H and O–H groups in total. The molecule has 0 atom stereocenters. The van der Waals surface area contributed by atoms with Crippen LogP contribution in [0.3, 0.4) is 0 Å². The molecule has 0 spiro atoms. The van der Waals surface area contributed by atoms with Crippen molar-refractivity contribution >= 4 is 5.97 Å². The van der Waals surface area contributed by atoms with Crippen LogP contribution in [0.2, 0.25) is 0 Å². The van der Waals surface area contributed by atoms with Crippen LogP contribution in [0.15, 0.2) is 15.2 Å². The molecular weight excluding hydrogens is 210 g/mol. The predicted molar refractivity (Wildman–Crippen MR) is 55.4 cm³/mol. The van der Waals surface area contributed by atoms with Crippen molar-refractivity contribution in [3.63, 3.8) is 0 Å². The lowest BCUT2D eigenvalue weighted by molar-refractivity contribution is 0.0691. The second-order valence-electron chi connectivity index (χ2n) is 3.55. The van der Waals surface area contributed by atoms with Crippen molar-refractivity contribution in [3.8, 4) is 11.3 Å². The Hall–Kier alpha value is -2.04. The summed E-state index contributed by atoms with van der Waals surface area (Å²) in [5.41, 5.74) is 1.45. The van der Waals surface area contributed by atoms with Gasteiger partial charge in [0, 0.05) is 5.56 Å². The van der Waals surface area contributed by atoms with Gasteiger partial charge in [0.1, 0.15) is 11.5 Å². The second-order valence-corrected chi connectivity index (χ2v) is 3.55. The van der Waals surface area contributed by atoms with Gasteiger partial charge in [0.05, 0.1) is 5.56 Å². The van der Waals surface area contributed by atoms with Gasteiger partial charge in [-0.15, -0.1) is 0 Å². The zero-order valence-electron chi connectivity index (χ0n) is 9.20. The zero-order chi connectivity index (χ0) is 11.9. The molecule has 16 heavy (non-hydrogen) atoms. The normalized spacial score (nSPS) is 10.7. The number of aromatic carboxylic acids is 1. The monoisotopic (exact) mass is 221 g/mol. The smallest absolute Gasteiger partial charge is 0.358 e. The zero-order valence-corrected chi connectivity index (χ0v) is 9.20. The van der Waals surface area contributed by atoms with Gasteiger partial charge < -0.3 is 13.9 Å². The summed E-state index contributed by atoms with van der Waals surface area (Å²) in [5.74, 6) is 0.523. The van der Waals surface area contributed by atoms with Gasteiger partial charge in [-0.25, -0.2) is 9.78 Å². The van der Waals surface area contributed by atoms with E-state index in [-0.39, 0.29) is 11.5 Å². The maximum atomic E-state index is 10.9. The van der Waals surface area contributed by atoms with Crippen molar-refractivity contribution in [2.45, 2.75) is 20.8 Å². The van der Waals surface area contributed by atoms with Crippen LogP contribution in [0.4, 0.5) is 0 Å². The van der Waals surface area contributed by atoms with E-state index in [0.717, 1.165) is 17.7 Å². The summed E-state index contributed by atoms with van der Waals surface area (Å²) in [4.78, 5) is 14.6. The molecule has 0 bridgehead atoms. The van der Waals surface area contributed by atoms with E-state index >= 15 is 0 Å². The summed E-state index contributed by atoms with van der Waals surface area (Å²) in [6, 6.07) is 0. The minimum absolute atomic E-state index is 0.0907. The van der Waals surface area contributed by atoms with Crippen LogP contribution >= 0.6 is 0 Å². The fourth-order valence-corrected chi connectivity index (χ4v) is 1.70. The molecule has 0 unspecified atom stereocenters. The van der Waals surface area contributed by atoms with E-state index in [1.165, 1.54) is 0 Å². The summed E-state index contributed by atoms with van der Waals surface area (Å²) in [6.07, 6.45) is 1.12. The minimum Gasteiger partial charge on any atom is -0.476 e. The van der Waals surface area contributed by atoms with E-state index in [9.17, 15) is 4.79 Å². The van der Waals surface area contributed by atoms with Crippen molar-refractivity contribution in [1.29, 1.82) is 0 Å². The Morgan fingerprint density at radius 2 is 2.00 bits per heavy atom. The van der Waals surface area contributed by atoms with Crippen LogP contribution in [0, 0.1) is 20.8 Å². The van der Waals surface area contributed by atoms with E-state index in [0.29, 0.717) is 11.3 Å². The van der Waals surface area contributed by atoms with Gasteiger partial charge in [-0.05, 0) is 20.8 Å². The fraction of sp³-hybridized carbons (Fsp3) is 0.273. The Morgan fingerprint density at radius 1 is 1.31 bits per heavy atom. The molecule has 2 heterocycles. The van der Waals surface area contributed by atoms with E-state index in [1.54, 1.807) is 6.92 Å². The first-order valence-corrected chi connectivity index (χ1v) is 4.76. The number of nitrogens with zero attached hydrogens (tertiary/aromatic N) is 1. The third kappa shape index (κ3) is 1.41. The molecule has 0 radical (unpaired) electrons. The van der Waals surface area contributed by atoms with Crippen LogP contribution in [0.1, 0.15) is 27.6 Å². The number of aryl methyl sites for hydroxylation is 2. The molecule has 5 nitrogen and oxygen atoms in total. The van der Waals surface area contributed by atoms with Gasteiger partial charge in [-0.1, -0.05) is 0 Å². The van der Waals surface area contributed by atoms with Gasteiger partial charge in [-0.2, -0.15) is 0 Å². The molecular formula is C11H11NO4. The fourth-order valence-electron chi connectivity index (χ4n) is 1.70. The first-order chi connectivity index (χ1) is 7.52. The number of rotatable bonds is 2. The Balaban J connectivity index is 2.67. The van der Waals surface area contributed by atoms with Crippen LogP contribution in [0.25, 0.3) is 11.3 Å². The average Bonchev–Trinajstić information content (AvgIpc) is 2.73. The number of oxazole rings is 1. The number of aromatic nitrogens is 1. The number of hydrogen-bond donors (Lipinski definition) is 1. The predicted octanol–water partition coefficient (Wildman–Crippen LogP) is 2.56. The molecule has 2 aromatic rings. The average molecular weight is 221 g/mol. The highest BCUT2D eigenvalue weighted by Crippen LogP contribution is 2.33. The summed E-state index contributed by atoms with van der Waals surface area (Å²) >= 11 is 0. The maximum absolute atomic E-state index is 10.9. The van der Waals surface area contributed by atoms with Crippen LogP contribution in [-0.4, -0.2) is 16.1 Å². The Bertz CT molecular complexity index is 550. The molecule has 0 aliphatic heterocycles. The number of furan rings is 1. The molecule has 0 saturated carbocycles. The molecule has 0 aromatic carbocycles. The quantitative estimate of drug-likeness (QED) is 0.843. The molecule has 0 amide bonds. The van der Waals surface area contributed by atoms with Gasteiger partial charge >= 0.3 is 5.97 Å². The lowest BCUT2D eigenvalue weighted by Crippen LogP contribution is -1.99. The van der Waals surface area contributed by atoms with Gasteiger partial charge in [-0.3, -0.25) is 0 Å². The highest BCUT2D eigenvalue weighted by molar-refractivity contribution is 5.92. The largest absolute Gasteiger partial charge is 0.476 e. The van der Waals surface area contributed by atoms with Crippen LogP contribution in [-0.2, 0) is 0 Å². The summed E-state index contributed by atoms with van der Waals surface area (Å²) in [7, 11) is 0. The number of carboxylic acid groups (broad SMARTS) is 1. The van der Waals surface area contributed by atoms with Crippen molar-refractivity contribution in [2.24, 2.45) is 0 Å². The third-order valence-corrected chi connectivity index (χ3v) is 2.56. The number of carbonyl (C=O) groups is 1. The number of carboxylic acids is 1. The van der Waals surface area contributed by atoms with Crippen molar-refractivity contribution in [1.82, 2.24) is 4.98 Å². The lowest BCUT2D eigenvalue weighted by Gasteiger charge is -1.97. The SMILES string of the molecule is Cc1oc(C)c(-c2ocnc2C(=O)O)c1C. The van der Waals surface area contributed by atoms with Crippen LogP contribution in [0.5, 0.6) is 0 Å². The van der Waals surface area contributed by atoms with Gasteiger partial charge in [0.15, 0.2) is 17.8 Å². The first-order valence-electron chi connectivity index (χ1n) is 4.76. The number of hydrogen-bond acceptors (Lipinski definition) is 4. The van der Waals surface area contributed by atoms with Crippen molar-refractivity contribution in [3.05, 3.63) is 29.2 Å². The van der Waals surface area contributed by atoms with Crippen molar-refractivity contribution in [2.75, 3.05) is 0 Å². The van der Waals surface area contributed by atoms with E-state index in [2.05, 4.69) is 4.98 Å². The van der Waals surface area contributed by atoms with Crippen LogP contribution < -0.4 is 0 Å². The molecule has 0 fully saturated rings. The molecule has 2 rings (SSSR count). The summed E-state index contributed by atoms with van der Waals surface area (Å²) < 4.78 is 10.6. The first kappa shape index (κ1) is 10.5. The Labute approximate surface area is 91.7 Å². The second kappa shape index (κ2) is 3.52. The van der Waals surface area contributed by atoms with Gasteiger partial charge in [0.2, 0.25) is 0 Å². The molecule has 5 heteroatoms. The third-order valence-electron chi connectivity index (χ3n) is 2.56. The van der Waals surface area contributed by atoms with E-state index in [1.807, 2.05) is 13.8 Å². The molecule has 2 aromatic heterocycles. The summed E-state index contributed by atoms with van der Waals surface area (Å²) in [6.45, 7) is 5.45. The molecule has 0 aliphatic carbocycles. The lowest BCUT2D eigenvalue weighted by atomic mass is 10.1. The van der Waals surface area contributed by atoms with Crippen molar-refractivity contribution < 1.29 is 18.7 Å². The maximum Gasteiger partial charge on any atom is 0.358 e. The molecule has 0 saturated heterocycles. The molecule has 84 valence electrons. The summed E-state index contributed by atoms with van der Waals surface area (Å²) in [5, 5.41) is 8.95.